The van der Waals surface area contributed by atoms with E-state index in [4.69, 9.17) is 5.73 Å². The molecule has 6 heteroatoms. The van der Waals surface area contributed by atoms with Crippen LogP contribution < -0.4 is 16.0 Å². The molecule has 1 aliphatic heterocycles. The van der Waals surface area contributed by atoms with E-state index in [0.717, 1.165) is 37.3 Å². The molecule has 2 atom stereocenters. The zero-order chi connectivity index (χ0) is 16.9. The van der Waals surface area contributed by atoms with Crippen LogP contribution in [0.2, 0.25) is 0 Å². The number of thiophene rings is 1. The van der Waals surface area contributed by atoms with Crippen molar-refractivity contribution in [3.8, 4) is 0 Å². The van der Waals surface area contributed by atoms with Crippen LogP contribution in [0.5, 0.6) is 0 Å². The lowest BCUT2D eigenvalue weighted by atomic mass is 9.97. The molecule has 0 aromatic carbocycles. The van der Waals surface area contributed by atoms with Crippen LogP contribution in [0.3, 0.4) is 0 Å². The van der Waals surface area contributed by atoms with Gasteiger partial charge in [-0.05, 0) is 37.3 Å². The van der Waals surface area contributed by atoms with Crippen LogP contribution in [-0.2, 0) is 11.3 Å². The Kier molecular flexibility index (Phi) is 5.48. The van der Waals surface area contributed by atoms with Gasteiger partial charge in [-0.25, -0.2) is 4.98 Å². The van der Waals surface area contributed by atoms with E-state index in [0.29, 0.717) is 12.6 Å². The van der Waals surface area contributed by atoms with Crippen molar-refractivity contribution >= 4 is 23.1 Å². The van der Waals surface area contributed by atoms with Crippen molar-refractivity contribution in [1.82, 2.24) is 10.3 Å². The molecule has 0 aliphatic carbocycles. The highest BCUT2D eigenvalue weighted by atomic mass is 32.1. The van der Waals surface area contributed by atoms with E-state index in [1.54, 1.807) is 11.3 Å². The number of hydrogen-bond donors (Lipinski definition) is 2. The van der Waals surface area contributed by atoms with E-state index in [-0.39, 0.29) is 11.8 Å². The minimum absolute atomic E-state index is 0.0772. The van der Waals surface area contributed by atoms with Crippen molar-refractivity contribution in [2.75, 3.05) is 18.0 Å². The third-order valence-corrected chi connectivity index (χ3v) is 5.61. The summed E-state index contributed by atoms with van der Waals surface area (Å²) in [5, 5.41) is 5.66. The first-order valence-corrected chi connectivity index (χ1v) is 9.28. The van der Waals surface area contributed by atoms with Gasteiger partial charge < -0.3 is 16.0 Å². The fourth-order valence-corrected chi connectivity index (χ4v) is 3.91. The monoisotopic (exact) mass is 344 g/mol. The molecule has 0 unspecified atom stereocenters. The van der Waals surface area contributed by atoms with Crippen LogP contribution in [0.15, 0.2) is 35.8 Å². The van der Waals surface area contributed by atoms with Crippen molar-refractivity contribution in [3.63, 3.8) is 0 Å². The Morgan fingerprint density at radius 1 is 1.50 bits per heavy atom. The number of pyridine rings is 1. The average molecular weight is 344 g/mol. The fraction of sp³-hybridized carbons (Fsp3) is 0.444. The molecule has 3 heterocycles. The maximum absolute atomic E-state index is 11.5. The van der Waals surface area contributed by atoms with Gasteiger partial charge in [0.2, 0.25) is 5.91 Å². The van der Waals surface area contributed by atoms with Crippen LogP contribution in [0.4, 0.5) is 5.82 Å². The molecule has 1 fully saturated rings. The number of nitrogens with one attached hydrogen (secondary N) is 1. The number of aromatic nitrogens is 1. The predicted molar refractivity (Wildman–Crippen MR) is 97.9 cm³/mol. The van der Waals surface area contributed by atoms with Crippen LogP contribution in [-0.4, -0.2) is 24.0 Å². The molecule has 0 radical (unpaired) electrons. The first-order valence-electron chi connectivity index (χ1n) is 8.40. The summed E-state index contributed by atoms with van der Waals surface area (Å²) in [5.41, 5.74) is 6.66. The maximum Gasteiger partial charge on any atom is 0.222 e. The van der Waals surface area contributed by atoms with E-state index < -0.39 is 0 Å². The summed E-state index contributed by atoms with van der Waals surface area (Å²) in [6.07, 6.45) is 3.67. The summed E-state index contributed by atoms with van der Waals surface area (Å²) in [5.74, 6) is 0.683. The number of nitrogens with zero attached hydrogens (tertiary/aromatic N) is 2. The zero-order valence-electron chi connectivity index (χ0n) is 13.9. The summed E-state index contributed by atoms with van der Waals surface area (Å²) in [7, 11) is 0. The van der Waals surface area contributed by atoms with E-state index >= 15 is 0 Å². The Morgan fingerprint density at radius 2 is 2.38 bits per heavy atom. The zero-order valence-corrected chi connectivity index (χ0v) is 14.8. The van der Waals surface area contributed by atoms with E-state index in [1.165, 1.54) is 4.88 Å². The molecule has 0 bridgehead atoms. The quantitative estimate of drug-likeness (QED) is 0.845. The highest BCUT2D eigenvalue weighted by Crippen LogP contribution is 2.25. The molecule has 1 amide bonds. The van der Waals surface area contributed by atoms with E-state index in [9.17, 15) is 4.79 Å². The molecule has 2 aromatic heterocycles. The van der Waals surface area contributed by atoms with Gasteiger partial charge in [-0.3, -0.25) is 4.79 Å². The van der Waals surface area contributed by atoms with Crippen LogP contribution >= 0.6 is 11.3 Å². The molecule has 24 heavy (non-hydrogen) atoms. The van der Waals surface area contributed by atoms with Gasteiger partial charge in [0.25, 0.3) is 0 Å². The van der Waals surface area contributed by atoms with E-state index in [1.807, 2.05) is 12.3 Å². The van der Waals surface area contributed by atoms with Gasteiger partial charge >= 0.3 is 0 Å². The Hall–Kier alpha value is -1.92. The van der Waals surface area contributed by atoms with Gasteiger partial charge in [-0.2, -0.15) is 0 Å². The molecule has 2 aromatic rings. The SMILES string of the molecule is C[C@H](NCc1cccnc1N1CCC[C@H](C(N)=O)C1)c1cccs1. The molecule has 128 valence electrons. The van der Waals surface area contributed by atoms with Crippen LogP contribution in [0.25, 0.3) is 0 Å². The van der Waals surface area contributed by atoms with Crippen LogP contribution in [0, 0.1) is 5.92 Å². The second kappa shape index (κ2) is 7.77. The number of anilines is 1. The number of rotatable bonds is 6. The third kappa shape index (κ3) is 3.94. The first kappa shape index (κ1) is 16.9. The topological polar surface area (TPSA) is 71.2 Å². The highest BCUT2D eigenvalue weighted by Gasteiger charge is 2.26. The summed E-state index contributed by atoms with van der Waals surface area (Å²) < 4.78 is 0. The number of amides is 1. The standard InChI is InChI=1S/C18H24N4OS/c1-13(16-7-4-10-24-16)21-11-14-5-2-8-20-18(14)22-9-3-6-15(12-22)17(19)23/h2,4-5,7-8,10,13,15,21H,3,6,9,11-12H2,1H3,(H2,19,23)/t13-,15-/m0/s1. The van der Waals surface area contributed by atoms with Crippen molar-refractivity contribution < 1.29 is 4.79 Å². The first-order chi connectivity index (χ1) is 11.6. The lowest BCUT2D eigenvalue weighted by Crippen LogP contribution is -2.42. The van der Waals surface area contributed by atoms with Crippen molar-refractivity contribution in [2.24, 2.45) is 11.7 Å². The molecule has 3 N–H and O–H groups in total. The number of carbonyl (C=O) groups excluding carboxylic acids is 1. The summed E-state index contributed by atoms with van der Waals surface area (Å²) in [6, 6.07) is 8.59. The van der Waals surface area contributed by atoms with Crippen molar-refractivity contribution in [1.29, 1.82) is 0 Å². The lowest BCUT2D eigenvalue weighted by molar-refractivity contribution is -0.122. The maximum atomic E-state index is 11.5. The van der Waals surface area contributed by atoms with Crippen molar-refractivity contribution in [3.05, 3.63) is 46.3 Å². The largest absolute Gasteiger partial charge is 0.369 e. The molecule has 1 saturated heterocycles. The lowest BCUT2D eigenvalue weighted by Gasteiger charge is -2.33. The molecular weight excluding hydrogens is 320 g/mol. The second-order valence-corrected chi connectivity index (χ2v) is 7.27. The fourth-order valence-electron chi connectivity index (χ4n) is 3.16. The van der Waals surface area contributed by atoms with Gasteiger partial charge in [0.1, 0.15) is 5.82 Å². The smallest absolute Gasteiger partial charge is 0.222 e. The normalized spacial score (nSPS) is 19.2. The van der Waals surface area contributed by atoms with Gasteiger partial charge in [-0.15, -0.1) is 11.3 Å². The molecule has 0 spiro atoms. The second-order valence-electron chi connectivity index (χ2n) is 6.29. The molecule has 5 nitrogen and oxygen atoms in total. The minimum atomic E-state index is -0.207. The Bertz CT molecular complexity index is 673. The molecular formula is C18H24N4OS. The average Bonchev–Trinajstić information content (AvgIpc) is 3.15. The summed E-state index contributed by atoms with van der Waals surface area (Å²) >= 11 is 1.76. The van der Waals surface area contributed by atoms with Crippen LogP contribution in [0.1, 0.15) is 36.2 Å². The Morgan fingerprint density at radius 3 is 3.12 bits per heavy atom. The number of nitrogens with two attached hydrogens (primary N) is 1. The number of hydrogen-bond acceptors (Lipinski definition) is 5. The van der Waals surface area contributed by atoms with Gasteiger partial charge in [0.15, 0.2) is 0 Å². The predicted octanol–water partition coefficient (Wildman–Crippen LogP) is 2.70. The van der Waals surface area contributed by atoms with Gasteiger partial charge in [-0.1, -0.05) is 12.1 Å². The Labute approximate surface area is 146 Å². The molecule has 3 rings (SSSR count). The van der Waals surface area contributed by atoms with Gasteiger partial charge in [0.05, 0.1) is 5.92 Å². The summed E-state index contributed by atoms with van der Waals surface area (Å²) in [4.78, 5) is 19.6. The third-order valence-electron chi connectivity index (χ3n) is 4.56. The minimum Gasteiger partial charge on any atom is -0.369 e. The summed E-state index contributed by atoms with van der Waals surface area (Å²) in [6.45, 7) is 4.51. The number of primary amides is 1. The Balaban J connectivity index is 1.69. The highest BCUT2D eigenvalue weighted by molar-refractivity contribution is 7.10. The van der Waals surface area contributed by atoms with Gasteiger partial charge in [0, 0.05) is 42.3 Å². The number of piperidine rings is 1. The molecule has 0 saturated carbocycles. The van der Waals surface area contributed by atoms with Crippen molar-refractivity contribution in [2.45, 2.75) is 32.4 Å². The number of carbonyl (C=O) groups is 1. The van der Waals surface area contributed by atoms with E-state index in [2.05, 4.69) is 45.7 Å². The molecule has 1 aliphatic rings.